The number of nitrogens with one attached hydrogen (secondary N) is 1. The van der Waals surface area contributed by atoms with Crippen LogP contribution < -0.4 is 4.72 Å². The van der Waals surface area contributed by atoms with Crippen LogP contribution in [0.4, 0.5) is 0 Å². The van der Waals surface area contributed by atoms with Crippen LogP contribution in [-0.4, -0.2) is 31.2 Å². The van der Waals surface area contributed by atoms with Crippen molar-refractivity contribution in [1.82, 2.24) is 9.71 Å². The normalized spacial score (nSPS) is 17.0. The quantitative estimate of drug-likeness (QED) is 0.879. The number of aromatic nitrogens is 1. The molecule has 1 aliphatic carbocycles. The molecule has 0 bridgehead atoms. The van der Waals surface area contributed by atoms with E-state index in [1.165, 1.54) is 0 Å². The molecule has 1 fully saturated rings. The molecular formula is C15H18N2O3S. The first-order chi connectivity index (χ1) is 9.99. The monoisotopic (exact) mass is 306 g/mol. The van der Waals surface area contributed by atoms with Gasteiger partial charge in [0.2, 0.25) is 10.0 Å². The molecule has 1 saturated carbocycles. The molecule has 1 unspecified atom stereocenters. The fourth-order valence-corrected chi connectivity index (χ4v) is 3.99. The van der Waals surface area contributed by atoms with Gasteiger partial charge in [0.1, 0.15) is 0 Å². The van der Waals surface area contributed by atoms with Crippen LogP contribution in [0.2, 0.25) is 0 Å². The predicted molar refractivity (Wildman–Crippen MR) is 80.4 cm³/mol. The van der Waals surface area contributed by atoms with Gasteiger partial charge in [0.15, 0.2) is 0 Å². The fraction of sp³-hybridized carbons (Fsp3) is 0.400. The Labute approximate surface area is 124 Å². The average Bonchev–Trinajstić information content (AvgIpc) is 3.29. The maximum Gasteiger partial charge on any atom is 0.241 e. The van der Waals surface area contributed by atoms with E-state index in [0.717, 1.165) is 12.8 Å². The average molecular weight is 306 g/mol. The summed E-state index contributed by atoms with van der Waals surface area (Å²) in [5.74, 6) is 0.239. The lowest BCUT2D eigenvalue weighted by Crippen LogP contribution is -2.33. The van der Waals surface area contributed by atoms with Crippen LogP contribution >= 0.6 is 0 Å². The molecule has 0 spiro atoms. The van der Waals surface area contributed by atoms with Crippen molar-refractivity contribution >= 4 is 20.9 Å². The van der Waals surface area contributed by atoms with E-state index in [4.69, 9.17) is 0 Å². The van der Waals surface area contributed by atoms with Gasteiger partial charge in [0.25, 0.3) is 0 Å². The molecule has 0 amide bonds. The van der Waals surface area contributed by atoms with Crippen LogP contribution in [0.15, 0.2) is 35.4 Å². The molecule has 21 heavy (non-hydrogen) atoms. The number of sulfonamides is 1. The molecule has 0 radical (unpaired) electrons. The number of aliphatic hydroxyl groups is 1. The van der Waals surface area contributed by atoms with Crippen LogP contribution in [0.5, 0.6) is 0 Å². The molecule has 2 aromatic rings. The Morgan fingerprint density at radius 1 is 1.38 bits per heavy atom. The Balaban J connectivity index is 1.95. The minimum absolute atomic E-state index is 0.0586. The van der Waals surface area contributed by atoms with Gasteiger partial charge in [-0.1, -0.05) is 6.07 Å². The van der Waals surface area contributed by atoms with Crippen molar-refractivity contribution in [3.8, 4) is 0 Å². The van der Waals surface area contributed by atoms with E-state index in [0.29, 0.717) is 16.5 Å². The topological polar surface area (TPSA) is 79.3 Å². The van der Waals surface area contributed by atoms with Crippen molar-refractivity contribution in [2.75, 3.05) is 6.54 Å². The Hall–Kier alpha value is -1.50. The standard InChI is InChI=1S/C15H18N2O3S/c1-10-4-7-13-12(3-2-8-16-13)15(10)21(19,20)17-9-14(18)11-5-6-11/h2-4,7-8,11,14,17-18H,5-6,9H2,1H3. The van der Waals surface area contributed by atoms with E-state index in [9.17, 15) is 13.5 Å². The molecule has 1 aromatic heterocycles. The van der Waals surface area contributed by atoms with Crippen LogP contribution in [0.25, 0.3) is 10.9 Å². The number of nitrogens with zero attached hydrogens (tertiary/aromatic N) is 1. The third kappa shape index (κ3) is 2.92. The molecule has 0 saturated heterocycles. The maximum atomic E-state index is 12.6. The molecule has 2 N–H and O–H groups in total. The summed E-state index contributed by atoms with van der Waals surface area (Å²) in [6, 6.07) is 7.03. The van der Waals surface area contributed by atoms with Gasteiger partial charge in [0.05, 0.1) is 16.5 Å². The van der Waals surface area contributed by atoms with Gasteiger partial charge < -0.3 is 5.11 Å². The predicted octanol–water partition coefficient (Wildman–Crippen LogP) is 1.59. The molecule has 1 atom stereocenters. The van der Waals surface area contributed by atoms with Gasteiger partial charge in [-0.25, -0.2) is 13.1 Å². The number of rotatable bonds is 5. The Morgan fingerprint density at radius 2 is 2.14 bits per heavy atom. The van der Waals surface area contributed by atoms with Crippen molar-refractivity contribution in [3.63, 3.8) is 0 Å². The molecule has 3 rings (SSSR count). The Kier molecular flexibility index (Phi) is 3.69. The number of fused-ring (bicyclic) bond motifs is 1. The first-order valence-corrected chi connectivity index (χ1v) is 8.49. The van der Waals surface area contributed by atoms with Gasteiger partial charge in [0, 0.05) is 18.1 Å². The zero-order valence-electron chi connectivity index (χ0n) is 11.8. The number of pyridine rings is 1. The lowest BCUT2D eigenvalue weighted by Gasteiger charge is -2.14. The third-order valence-corrected chi connectivity index (χ3v) is 5.48. The molecule has 0 aliphatic heterocycles. The van der Waals surface area contributed by atoms with Crippen LogP contribution in [0, 0.1) is 12.8 Å². The highest BCUT2D eigenvalue weighted by Crippen LogP contribution is 2.32. The van der Waals surface area contributed by atoms with E-state index in [1.54, 1.807) is 31.3 Å². The summed E-state index contributed by atoms with van der Waals surface area (Å²) in [6.07, 6.45) is 2.98. The molecular weight excluding hydrogens is 288 g/mol. The lowest BCUT2D eigenvalue weighted by atomic mass is 10.1. The molecule has 112 valence electrons. The summed E-state index contributed by atoms with van der Waals surface area (Å²) in [5.41, 5.74) is 1.31. The van der Waals surface area contributed by atoms with Gasteiger partial charge in [-0.05, 0) is 49.4 Å². The van der Waals surface area contributed by atoms with E-state index in [-0.39, 0.29) is 17.4 Å². The summed E-state index contributed by atoms with van der Waals surface area (Å²) >= 11 is 0. The Bertz CT molecular complexity index is 770. The van der Waals surface area contributed by atoms with Crippen LogP contribution in [0.3, 0.4) is 0 Å². The summed E-state index contributed by atoms with van der Waals surface area (Å²) in [5, 5.41) is 10.4. The van der Waals surface area contributed by atoms with Gasteiger partial charge >= 0.3 is 0 Å². The maximum absolute atomic E-state index is 12.6. The summed E-state index contributed by atoms with van der Waals surface area (Å²) < 4.78 is 27.7. The lowest BCUT2D eigenvalue weighted by molar-refractivity contribution is 0.155. The van der Waals surface area contributed by atoms with Crippen molar-refractivity contribution < 1.29 is 13.5 Å². The number of aliphatic hydroxyl groups excluding tert-OH is 1. The van der Waals surface area contributed by atoms with E-state index in [2.05, 4.69) is 9.71 Å². The summed E-state index contributed by atoms with van der Waals surface area (Å²) in [6.45, 7) is 1.82. The number of benzene rings is 1. The molecule has 1 aromatic carbocycles. The second kappa shape index (κ2) is 5.36. The van der Waals surface area contributed by atoms with Crippen molar-refractivity contribution in [1.29, 1.82) is 0 Å². The van der Waals surface area contributed by atoms with Crippen molar-refractivity contribution in [3.05, 3.63) is 36.0 Å². The Morgan fingerprint density at radius 3 is 2.86 bits per heavy atom. The van der Waals surface area contributed by atoms with Crippen molar-refractivity contribution in [2.45, 2.75) is 30.8 Å². The van der Waals surface area contributed by atoms with Crippen LogP contribution in [0.1, 0.15) is 18.4 Å². The van der Waals surface area contributed by atoms with E-state index >= 15 is 0 Å². The largest absolute Gasteiger partial charge is 0.391 e. The second-order valence-corrected chi connectivity index (χ2v) is 7.24. The summed E-state index contributed by atoms with van der Waals surface area (Å²) in [4.78, 5) is 4.43. The van der Waals surface area contributed by atoms with Crippen molar-refractivity contribution in [2.24, 2.45) is 5.92 Å². The SMILES string of the molecule is Cc1ccc2ncccc2c1S(=O)(=O)NCC(O)C1CC1. The van der Waals surface area contributed by atoms with Gasteiger partial charge in [-0.15, -0.1) is 0 Å². The second-order valence-electron chi connectivity index (χ2n) is 5.54. The molecule has 5 nitrogen and oxygen atoms in total. The van der Waals surface area contributed by atoms with Crippen LogP contribution in [-0.2, 0) is 10.0 Å². The minimum Gasteiger partial charge on any atom is -0.391 e. The zero-order chi connectivity index (χ0) is 15.0. The number of aryl methyl sites for hydroxylation is 1. The zero-order valence-corrected chi connectivity index (χ0v) is 12.6. The van der Waals surface area contributed by atoms with E-state index in [1.807, 2.05) is 6.07 Å². The fourth-order valence-electron chi connectivity index (χ4n) is 2.51. The molecule has 6 heteroatoms. The highest BCUT2D eigenvalue weighted by molar-refractivity contribution is 7.89. The highest BCUT2D eigenvalue weighted by atomic mass is 32.2. The van der Waals surface area contributed by atoms with Gasteiger partial charge in [-0.2, -0.15) is 0 Å². The number of hydrogen-bond donors (Lipinski definition) is 2. The van der Waals surface area contributed by atoms with E-state index < -0.39 is 16.1 Å². The third-order valence-electron chi connectivity index (χ3n) is 3.85. The summed E-state index contributed by atoms with van der Waals surface area (Å²) in [7, 11) is -3.67. The first-order valence-electron chi connectivity index (χ1n) is 7.01. The number of hydrogen-bond acceptors (Lipinski definition) is 4. The highest BCUT2D eigenvalue weighted by Gasteiger charge is 2.31. The molecule has 1 heterocycles. The smallest absolute Gasteiger partial charge is 0.241 e. The minimum atomic E-state index is -3.67. The molecule has 1 aliphatic rings. The first kappa shape index (κ1) is 14.4. The van der Waals surface area contributed by atoms with Gasteiger partial charge in [-0.3, -0.25) is 4.98 Å².